The van der Waals surface area contributed by atoms with Crippen molar-refractivity contribution in [2.45, 2.75) is 38.5 Å². The summed E-state index contributed by atoms with van der Waals surface area (Å²) >= 11 is -1.04. The molecule has 0 heterocycles. The number of benzene rings is 2. The summed E-state index contributed by atoms with van der Waals surface area (Å²) in [5, 5.41) is 0. The number of hydrogen-bond acceptors (Lipinski definition) is 2. The van der Waals surface area contributed by atoms with E-state index in [1.807, 2.05) is 30.3 Å². The van der Waals surface area contributed by atoms with Gasteiger partial charge >= 0.3 is 0 Å². The summed E-state index contributed by atoms with van der Waals surface area (Å²) in [6.07, 6.45) is 0. The Kier molecular flexibility index (Phi) is 5.45. The van der Waals surface area contributed by atoms with E-state index in [0.29, 0.717) is 12.3 Å². The van der Waals surface area contributed by atoms with Crippen molar-refractivity contribution < 1.29 is 4.55 Å². The first-order valence-electron chi connectivity index (χ1n) is 7.20. The molecule has 0 radical (unpaired) electrons. The van der Waals surface area contributed by atoms with Crippen molar-refractivity contribution in [1.82, 2.24) is 4.72 Å². The van der Waals surface area contributed by atoms with Crippen molar-refractivity contribution in [3.8, 4) is 0 Å². The van der Waals surface area contributed by atoms with Crippen LogP contribution in [-0.4, -0.2) is 4.55 Å². The molecular weight excluding hydrogens is 278 g/mol. The van der Waals surface area contributed by atoms with Crippen LogP contribution in [-0.2, 0) is 29.1 Å². The fourth-order valence-electron chi connectivity index (χ4n) is 2.06. The Bertz CT molecular complexity index is 546. The topological polar surface area (TPSA) is 35.1 Å². The predicted molar refractivity (Wildman–Crippen MR) is 90.3 cm³/mol. The van der Waals surface area contributed by atoms with Gasteiger partial charge in [-0.15, -0.1) is 4.72 Å². The van der Waals surface area contributed by atoms with Crippen LogP contribution >= 0.6 is 0 Å². The molecule has 0 aliphatic rings. The Morgan fingerprint density at radius 3 is 2.10 bits per heavy atom. The minimum Gasteiger partial charge on any atom is -0.598 e. The molecule has 2 rings (SSSR count). The molecule has 1 atom stereocenters. The van der Waals surface area contributed by atoms with Gasteiger partial charge in [0.25, 0.3) is 0 Å². The zero-order valence-corrected chi connectivity index (χ0v) is 13.7. The van der Waals surface area contributed by atoms with Gasteiger partial charge in [-0.3, -0.25) is 0 Å². The minimum atomic E-state index is -1.04. The molecule has 0 saturated carbocycles. The Hall–Kier alpha value is -1.29. The van der Waals surface area contributed by atoms with Gasteiger partial charge < -0.3 is 4.55 Å². The van der Waals surface area contributed by atoms with Gasteiger partial charge in [0.2, 0.25) is 0 Å². The van der Waals surface area contributed by atoms with Crippen LogP contribution in [0.4, 0.5) is 0 Å². The highest BCUT2D eigenvalue weighted by atomic mass is 32.2. The lowest BCUT2D eigenvalue weighted by atomic mass is 9.87. The van der Waals surface area contributed by atoms with Crippen LogP contribution in [0.25, 0.3) is 0 Å². The molecule has 2 aromatic rings. The van der Waals surface area contributed by atoms with Crippen LogP contribution in [0, 0.1) is 0 Å². The molecule has 21 heavy (non-hydrogen) atoms. The monoisotopic (exact) mass is 301 g/mol. The molecule has 0 amide bonds. The highest BCUT2D eigenvalue weighted by Gasteiger charge is 2.13. The Labute approximate surface area is 130 Å². The van der Waals surface area contributed by atoms with Crippen LogP contribution in [0.15, 0.2) is 54.6 Å². The van der Waals surface area contributed by atoms with Crippen molar-refractivity contribution in [2.24, 2.45) is 0 Å². The van der Waals surface area contributed by atoms with Gasteiger partial charge in [-0.2, -0.15) is 0 Å². The third-order valence-electron chi connectivity index (χ3n) is 3.40. The smallest absolute Gasteiger partial charge is 0.150 e. The average molecular weight is 301 g/mol. The lowest BCUT2D eigenvalue weighted by molar-refractivity contribution is 0.578. The maximum Gasteiger partial charge on any atom is 0.150 e. The predicted octanol–water partition coefficient (Wildman–Crippen LogP) is 3.94. The molecule has 0 spiro atoms. The summed E-state index contributed by atoms with van der Waals surface area (Å²) < 4.78 is 15.1. The Morgan fingerprint density at radius 2 is 1.52 bits per heavy atom. The first kappa shape index (κ1) is 16.1. The van der Waals surface area contributed by atoms with Gasteiger partial charge in [0.1, 0.15) is 0 Å². The van der Waals surface area contributed by atoms with E-state index in [1.54, 1.807) is 0 Å². The van der Waals surface area contributed by atoms with Crippen molar-refractivity contribution >= 4 is 11.4 Å². The molecule has 2 nitrogen and oxygen atoms in total. The van der Waals surface area contributed by atoms with Crippen molar-refractivity contribution in [1.29, 1.82) is 0 Å². The summed E-state index contributed by atoms with van der Waals surface area (Å²) in [6, 6.07) is 18.4. The molecule has 112 valence electrons. The summed E-state index contributed by atoms with van der Waals surface area (Å²) in [6.45, 7) is 7.24. The van der Waals surface area contributed by atoms with Crippen molar-refractivity contribution in [2.75, 3.05) is 0 Å². The van der Waals surface area contributed by atoms with Gasteiger partial charge in [-0.05, 0) is 16.5 Å². The molecule has 0 fully saturated rings. The van der Waals surface area contributed by atoms with Crippen LogP contribution in [0.5, 0.6) is 0 Å². The van der Waals surface area contributed by atoms with Gasteiger partial charge in [0.15, 0.2) is 5.75 Å². The van der Waals surface area contributed by atoms with E-state index in [-0.39, 0.29) is 5.41 Å². The van der Waals surface area contributed by atoms with Crippen LogP contribution in [0.2, 0.25) is 0 Å². The van der Waals surface area contributed by atoms with E-state index in [9.17, 15) is 4.55 Å². The number of nitrogens with one attached hydrogen (secondary N) is 1. The van der Waals surface area contributed by atoms with Crippen LogP contribution in [0.1, 0.15) is 37.5 Å². The van der Waals surface area contributed by atoms with Gasteiger partial charge in [0.05, 0.1) is 6.54 Å². The third kappa shape index (κ3) is 5.20. The molecule has 0 saturated heterocycles. The molecule has 3 heteroatoms. The van der Waals surface area contributed by atoms with Gasteiger partial charge in [-0.25, -0.2) is 0 Å². The summed E-state index contributed by atoms with van der Waals surface area (Å²) in [7, 11) is 0. The largest absolute Gasteiger partial charge is 0.598 e. The maximum atomic E-state index is 12.0. The maximum absolute atomic E-state index is 12.0. The first-order valence-corrected chi connectivity index (χ1v) is 8.52. The standard InChI is InChI=1S/C18H23NOS/c1-18(2,3)17-11-9-15(10-12-17)13-19-21(20)14-16-7-5-4-6-8-16/h4-12,19H,13-14H2,1-3H3. The normalized spacial score (nSPS) is 13.1. The lowest BCUT2D eigenvalue weighted by Gasteiger charge is -2.19. The van der Waals surface area contributed by atoms with Crippen LogP contribution in [0.3, 0.4) is 0 Å². The highest BCUT2D eigenvalue weighted by Crippen LogP contribution is 2.22. The molecular formula is C18H23NOS. The SMILES string of the molecule is CC(C)(C)c1ccc(CN[S+]([O-])Cc2ccccc2)cc1. The molecule has 1 N–H and O–H groups in total. The Morgan fingerprint density at radius 1 is 0.905 bits per heavy atom. The fourth-order valence-corrected chi connectivity index (χ4v) is 2.99. The lowest BCUT2D eigenvalue weighted by Crippen LogP contribution is -2.24. The zero-order valence-electron chi connectivity index (χ0n) is 12.9. The van der Waals surface area contributed by atoms with E-state index in [4.69, 9.17) is 0 Å². The third-order valence-corrected chi connectivity index (χ3v) is 4.46. The van der Waals surface area contributed by atoms with Gasteiger partial charge in [-0.1, -0.05) is 75.4 Å². The highest BCUT2D eigenvalue weighted by molar-refractivity contribution is 7.88. The summed E-state index contributed by atoms with van der Waals surface area (Å²) in [5.74, 6) is 0.543. The van der Waals surface area contributed by atoms with E-state index in [0.717, 1.165) is 11.1 Å². The quantitative estimate of drug-likeness (QED) is 0.849. The van der Waals surface area contributed by atoms with Crippen molar-refractivity contribution in [3.63, 3.8) is 0 Å². The molecule has 0 aliphatic heterocycles. The minimum absolute atomic E-state index is 0.169. The number of rotatable bonds is 5. The average Bonchev–Trinajstić information content (AvgIpc) is 2.46. The second-order valence-electron chi connectivity index (χ2n) is 6.24. The van der Waals surface area contributed by atoms with E-state index in [1.165, 1.54) is 5.56 Å². The summed E-state index contributed by atoms with van der Waals surface area (Å²) in [5.41, 5.74) is 3.73. The molecule has 2 aromatic carbocycles. The molecule has 1 unspecified atom stereocenters. The van der Waals surface area contributed by atoms with E-state index < -0.39 is 11.4 Å². The molecule has 0 bridgehead atoms. The summed E-state index contributed by atoms with van der Waals surface area (Å²) in [4.78, 5) is 0. The molecule has 0 aliphatic carbocycles. The van der Waals surface area contributed by atoms with E-state index in [2.05, 4.69) is 49.8 Å². The second kappa shape index (κ2) is 7.12. The first-order chi connectivity index (χ1) is 9.95. The van der Waals surface area contributed by atoms with Crippen LogP contribution < -0.4 is 4.72 Å². The number of hydrogen-bond donors (Lipinski definition) is 1. The molecule has 0 aromatic heterocycles. The fraction of sp³-hybridized carbons (Fsp3) is 0.333. The second-order valence-corrected chi connectivity index (χ2v) is 7.51. The zero-order chi connectivity index (χ0) is 15.3. The van der Waals surface area contributed by atoms with E-state index >= 15 is 0 Å². The van der Waals surface area contributed by atoms with Gasteiger partial charge in [0, 0.05) is 16.9 Å². The van der Waals surface area contributed by atoms with Crippen molar-refractivity contribution in [3.05, 3.63) is 71.3 Å². The Balaban J connectivity index is 1.85.